The van der Waals surface area contributed by atoms with Crippen LogP contribution in [-0.4, -0.2) is 18.8 Å². The first-order chi connectivity index (χ1) is 9.08. The van der Waals surface area contributed by atoms with Crippen molar-refractivity contribution in [3.63, 3.8) is 0 Å². The van der Waals surface area contributed by atoms with Gasteiger partial charge in [0.25, 0.3) is 0 Å². The number of aryl methyl sites for hydroxylation is 1. The Bertz CT molecular complexity index is 554. The fraction of sp³-hybridized carbons (Fsp3) is 0.250. The molecule has 0 heterocycles. The molecule has 0 amide bonds. The second-order valence-corrected chi connectivity index (χ2v) is 5.03. The molecule has 0 aliphatic heterocycles. The van der Waals surface area contributed by atoms with E-state index in [0.717, 1.165) is 16.7 Å². The zero-order chi connectivity index (χ0) is 13.9. The minimum Gasteiger partial charge on any atom is -0.381 e. The van der Waals surface area contributed by atoms with E-state index < -0.39 is 5.60 Å². The highest BCUT2D eigenvalue weighted by Crippen LogP contribution is 2.32. The molecule has 19 heavy (non-hydrogen) atoms. The summed E-state index contributed by atoms with van der Waals surface area (Å²) in [7, 11) is 1.57. The quantitative estimate of drug-likeness (QED) is 0.926. The fourth-order valence-electron chi connectivity index (χ4n) is 2.11. The van der Waals surface area contributed by atoms with Crippen LogP contribution in [0.2, 0.25) is 5.02 Å². The van der Waals surface area contributed by atoms with E-state index in [-0.39, 0.29) is 6.61 Å². The Morgan fingerprint density at radius 2 is 1.79 bits per heavy atom. The number of hydrogen-bond donors (Lipinski definition) is 1. The van der Waals surface area contributed by atoms with Crippen molar-refractivity contribution in [1.82, 2.24) is 0 Å². The molecule has 0 fully saturated rings. The van der Waals surface area contributed by atoms with Crippen molar-refractivity contribution in [2.24, 2.45) is 0 Å². The van der Waals surface area contributed by atoms with Crippen molar-refractivity contribution in [2.75, 3.05) is 13.7 Å². The molecular formula is C16H17ClO2. The molecule has 2 aromatic rings. The van der Waals surface area contributed by atoms with Gasteiger partial charge in [-0.15, -0.1) is 0 Å². The molecular weight excluding hydrogens is 260 g/mol. The monoisotopic (exact) mass is 276 g/mol. The zero-order valence-electron chi connectivity index (χ0n) is 11.1. The second kappa shape index (κ2) is 5.74. The Morgan fingerprint density at radius 1 is 1.11 bits per heavy atom. The first-order valence-corrected chi connectivity index (χ1v) is 6.49. The average molecular weight is 277 g/mol. The first-order valence-electron chi connectivity index (χ1n) is 6.11. The first kappa shape index (κ1) is 14.1. The molecule has 0 spiro atoms. The van der Waals surface area contributed by atoms with Crippen LogP contribution in [-0.2, 0) is 10.3 Å². The van der Waals surface area contributed by atoms with Crippen molar-refractivity contribution < 1.29 is 9.84 Å². The van der Waals surface area contributed by atoms with Crippen LogP contribution in [0.5, 0.6) is 0 Å². The normalized spacial score (nSPS) is 14.1. The number of ether oxygens (including phenoxy) is 1. The van der Waals surface area contributed by atoms with Gasteiger partial charge in [0.15, 0.2) is 0 Å². The lowest BCUT2D eigenvalue weighted by molar-refractivity contribution is -0.00328. The topological polar surface area (TPSA) is 29.5 Å². The summed E-state index contributed by atoms with van der Waals surface area (Å²) in [6.45, 7) is 2.11. The number of rotatable bonds is 4. The van der Waals surface area contributed by atoms with E-state index in [1.54, 1.807) is 13.2 Å². The Morgan fingerprint density at radius 3 is 2.37 bits per heavy atom. The number of benzene rings is 2. The van der Waals surface area contributed by atoms with Gasteiger partial charge in [0.05, 0.1) is 6.61 Å². The van der Waals surface area contributed by atoms with Crippen molar-refractivity contribution in [1.29, 1.82) is 0 Å². The predicted molar refractivity (Wildman–Crippen MR) is 77.5 cm³/mol. The molecule has 100 valence electrons. The van der Waals surface area contributed by atoms with Gasteiger partial charge in [0.1, 0.15) is 5.60 Å². The third-order valence-corrected chi connectivity index (χ3v) is 3.66. The van der Waals surface area contributed by atoms with Crippen molar-refractivity contribution in [3.8, 4) is 0 Å². The summed E-state index contributed by atoms with van der Waals surface area (Å²) in [6.07, 6.45) is 0. The van der Waals surface area contributed by atoms with E-state index in [4.69, 9.17) is 16.3 Å². The summed E-state index contributed by atoms with van der Waals surface area (Å²) in [5.41, 5.74) is 1.32. The molecule has 0 aromatic heterocycles. The van der Waals surface area contributed by atoms with E-state index in [0.29, 0.717) is 5.02 Å². The molecule has 0 aliphatic carbocycles. The van der Waals surface area contributed by atoms with Crippen LogP contribution >= 0.6 is 11.6 Å². The number of hydrogen-bond acceptors (Lipinski definition) is 2. The summed E-state index contributed by atoms with van der Waals surface area (Å²) in [6, 6.07) is 15.0. The smallest absolute Gasteiger partial charge is 0.138 e. The third kappa shape index (κ3) is 2.81. The fourth-order valence-corrected chi connectivity index (χ4v) is 2.29. The van der Waals surface area contributed by atoms with Gasteiger partial charge in [-0.1, -0.05) is 54.1 Å². The van der Waals surface area contributed by atoms with Gasteiger partial charge in [-0.2, -0.15) is 0 Å². The van der Waals surface area contributed by atoms with Crippen LogP contribution in [0.25, 0.3) is 0 Å². The van der Waals surface area contributed by atoms with Crippen LogP contribution in [0.15, 0.2) is 48.5 Å². The van der Waals surface area contributed by atoms with E-state index in [9.17, 15) is 5.11 Å². The van der Waals surface area contributed by atoms with Gasteiger partial charge in [0.2, 0.25) is 0 Å². The maximum atomic E-state index is 11.0. The summed E-state index contributed by atoms with van der Waals surface area (Å²) < 4.78 is 5.19. The number of aliphatic hydroxyl groups is 1. The van der Waals surface area contributed by atoms with E-state index in [2.05, 4.69) is 0 Å². The Kier molecular flexibility index (Phi) is 4.25. The average Bonchev–Trinajstić information content (AvgIpc) is 2.43. The molecule has 0 aliphatic rings. The van der Waals surface area contributed by atoms with Gasteiger partial charge in [-0.25, -0.2) is 0 Å². The van der Waals surface area contributed by atoms with Crippen LogP contribution in [0.1, 0.15) is 16.7 Å². The van der Waals surface area contributed by atoms with Gasteiger partial charge >= 0.3 is 0 Å². The van der Waals surface area contributed by atoms with Gasteiger partial charge < -0.3 is 9.84 Å². The van der Waals surface area contributed by atoms with Crippen molar-refractivity contribution in [2.45, 2.75) is 12.5 Å². The Labute approximate surface area is 118 Å². The highest BCUT2D eigenvalue weighted by atomic mass is 35.5. The SMILES string of the molecule is COCC(O)(c1ccccc1)c1ccc(C)c(Cl)c1. The van der Waals surface area contributed by atoms with Crippen LogP contribution < -0.4 is 0 Å². The van der Waals surface area contributed by atoms with Crippen LogP contribution in [0, 0.1) is 6.92 Å². The van der Waals surface area contributed by atoms with E-state index in [1.165, 1.54) is 0 Å². The highest BCUT2D eigenvalue weighted by molar-refractivity contribution is 6.31. The Balaban J connectivity index is 2.52. The Hall–Kier alpha value is -1.35. The highest BCUT2D eigenvalue weighted by Gasteiger charge is 2.31. The molecule has 0 saturated heterocycles. The van der Waals surface area contributed by atoms with Crippen LogP contribution in [0.3, 0.4) is 0 Å². The molecule has 0 radical (unpaired) electrons. The lowest BCUT2D eigenvalue weighted by atomic mass is 9.86. The summed E-state index contributed by atoms with van der Waals surface area (Å²) >= 11 is 6.16. The standard InChI is InChI=1S/C16H17ClO2/c1-12-8-9-14(10-15(12)17)16(18,11-19-2)13-6-4-3-5-7-13/h3-10,18H,11H2,1-2H3. The molecule has 1 atom stereocenters. The van der Waals surface area contributed by atoms with Gasteiger partial charge in [-0.05, 0) is 29.7 Å². The molecule has 0 bridgehead atoms. The van der Waals surface area contributed by atoms with Crippen LogP contribution in [0.4, 0.5) is 0 Å². The molecule has 2 aromatic carbocycles. The van der Waals surface area contributed by atoms with E-state index in [1.807, 2.05) is 49.4 Å². The second-order valence-electron chi connectivity index (χ2n) is 4.62. The molecule has 2 rings (SSSR count). The molecule has 1 unspecified atom stereocenters. The lowest BCUT2D eigenvalue weighted by Crippen LogP contribution is -2.32. The molecule has 1 N–H and O–H groups in total. The predicted octanol–water partition coefficient (Wildman–Crippen LogP) is 3.53. The summed E-state index contributed by atoms with van der Waals surface area (Å²) in [5.74, 6) is 0. The minimum atomic E-state index is -1.19. The maximum Gasteiger partial charge on any atom is 0.138 e. The number of methoxy groups -OCH3 is 1. The van der Waals surface area contributed by atoms with E-state index >= 15 is 0 Å². The summed E-state index contributed by atoms with van der Waals surface area (Å²) in [4.78, 5) is 0. The van der Waals surface area contributed by atoms with Gasteiger partial charge in [0, 0.05) is 12.1 Å². The van der Waals surface area contributed by atoms with Gasteiger partial charge in [-0.3, -0.25) is 0 Å². The zero-order valence-corrected chi connectivity index (χ0v) is 11.8. The number of halogens is 1. The third-order valence-electron chi connectivity index (χ3n) is 3.25. The molecule has 0 saturated carbocycles. The molecule has 2 nitrogen and oxygen atoms in total. The summed E-state index contributed by atoms with van der Waals surface area (Å²) in [5, 5.41) is 11.6. The largest absolute Gasteiger partial charge is 0.381 e. The van der Waals surface area contributed by atoms with Crippen molar-refractivity contribution >= 4 is 11.6 Å². The lowest BCUT2D eigenvalue weighted by Gasteiger charge is -2.29. The maximum absolute atomic E-state index is 11.0. The molecule has 3 heteroatoms. The van der Waals surface area contributed by atoms with Crippen molar-refractivity contribution in [3.05, 3.63) is 70.2 Å². The minimum absolute atomic E-state index is 0.177.